The first-order chi connectivity index (χ1) is 9.96. The van der Waals surface area contributed by atoms with E-state index in [4.69, 9.17) is 4.74 Å². The number of hydrogen-bond donors (Lipinski definition) is 2. The van der Waals surface area contributed by atoms with Crippen LogP contribution in [-0.4, -0.2) is 60.2 Å². The van der Waals surface area contributed by atoms with Crippen LogP contribution in [0, 0.1) is 5.92 Å². The molecule has 0 amide bonds. The second-order valence-electron chi connectivity index (χ2n) is 5.62. The van der Waals surface area contributed by atoms with E-state index in [1.54, 1.807) is 7.05 Å². The molecule has 1 atom stereocenters. The van der Waals surface area contributed by atoms with Gasteiger partial charge in [-0.25, -0.2) is 0 Å². The van der Waals surface area contributed by atoms with Crippen LogP contribution >= 0.6 is 0 Å². The molecule has 0 spiro atoms. The molecule has 1 rings (SSSR count). The summed E-state index contributed by atoms with van der Waals surface area (Å²) in [6, 6.07) is 0.609. The van der Waals surface area contributed by atoms with Crippen molar-refractivity contribution < 1.29 is 4.74 Å². The Labute approximate surface area is 127 Å². The first-order valence-corrected chi connectivity index (χ1v) is 7.44. The van der Waals surface area contributed by atoms with Gasteiger partial charge in [0, 0.05) is 19.6 Å². The maximum atomic E-state index is 5.51. The Bertz CT molecular complexity index is 424. The van der Waals surface area contributed by atoms with Crippen LogP contribution in [0.1, 0.15) is 27.2 Å². The molecule has 1 aromatic rings. The van der Waals surface area contributed by atoms with Crippen molar-refractivity contribution in [3.05, 3.63) is 0 Å². The summed E-state index contributed by atoms with van der Waals surface area (Å²) < 4.78 is 5.51. The number of ether oxygens (including phenoxy) is 1. The Morgan fingerprint density at radius 3 is 2.33 bits per heavy atom. The smallest absolute Gasteiger partial charge is 0.323 e. The monoisotopic (exact) mass is 296 g/mol. The highest BCUT2D eigenvalue weighted by Crippen LogP contribution is 2.14. The quantitative estimate of drug-likeness (QED) is 0.718. The first kappa shape index (κ1) is 17.4. The molecule has 1 heterocycles. The lowest BCUT2D eigenvalue weighted by molar-refractivity contribution is 0.291. The molecule has 1 aromatic heterocycles. The molecule has 0 aromatic carbocycles. The third kappa shape index (κ3) is 6.12. The lowest BCUT2D eigenvalue weighted by Gasteiger charge is -2.25. The van der Waals surface area contributed by atoms with Crippen LogP contribution in [0.4, 0.5) is 11.9 Å². The van der Waals surface area contributed by atoms with Gasteiger partial charge < -0.3 is 20.3 Å². The Balaban J connectivity index is 2.88. The predicted octanol–water partition coefficient (Wildman–Crippen LogP) is 1.70. The Kier molecular flexibility index (Phi) is 7.14. The van der Waals surface area contributed by atoms with Gasteiger partial charge in [-0.05, 0) is 26.4 Å². The van der Waals surface area contributed by atoms with Crippen LogP contribution in [0.15, 0.2) is 0 Å². The predicted molar refractivity (Wildman–Crippen MR) is 86.0 cm³/mol. The van der Waals surface area contributed by atoms with Gasteiger partial charge in [-0.1, -0.05) is 20.8 Å². The second-order valence-corrected chi connectivity index (χ2v) is 5.62. The highest BCUT2D eigenvalue weighted by atomic mass is 16.5. The van der Waals surface area contributed by atoms with Crippen molar-refractivity contribution in [2.24, 2.45) is 5.92 Å². The second kappa shape index (κ2) is 8.61. The molecule has 7 heteroatoms. The summed E-state index contributed by atoms with van der Waals surface area (Å²) in [6.07, 6.45) is 0.915. The summed E-state index contributed by atoms with van der Waals surface area (Å²) in [5, 5.41) is 6.31. The number of rotatable bonds is 9. The number of aromatic nitrogens is 3. The molecule has 1 unspecified atom stereocenters. The minimum Gasteiger partial charge on any atom is -0.463 e. The summed E-state index contributed by atoms with van der Waals surface area (Å²) in [5.74, 6) is 1.51. The maximum Gasteiger partial charge on any atom is 0.323 e. The van der Waals surface area contributed by atoms with Crippen molar-refractivity contribution in [3.8, 4) is 6.01 Å². The molecule has 0 aliphatic rings. The molecule has 0 bridgehead atoms. The fourth-order valence-corrected chi connectivity index (χ4v) is 1.77. The average Bonchev–Trinajstić information content (AvgIpc) is 2.43. The lowest BCUT2D eigenvalue weighted by atomic mass is 10.0. The van der Waals surface area contributed by atoms with Gasteiger partial charge in [0.1, 0.15) is 0 Å². The standard InChI is InChI=1S/C14H28N6O/c1-7-8-21-14-18-12(15-4)17-13(19-14)16-11(10(2)3)9-20(5)6/h10-11H,7-9H2,1-6H3,(H2,15,16,17,18,19). The van der Waals surface area contributed by atoms with Crippen LogP contribution in [0.25, 0.3) is 0 Å². The van der Waals surface area contributed by atoms with E-state index in [1.165, 1.54) is 0 Å². The summed E-state index contributed by atoms with van der Waals surface area (Å²) >= 11 is 0. The molecular formula is C14H28N6O. The highest BCUT2D eigenvalue weighted by Gasteiger charge is 2.17. The van der Waals surface area contributed by atoms with Gasteiger partial charge >= 0.3 is 6.01 Å². The van der Waals surface area contributed by atoms with Gasteiger partial charge in [0.2, 0.25) is 11.9 Å². The van der Waals surface area contributed by atoms with E-state index in [0.717, 1.165) is 13.0 Å². The summed E-state index contributed by atoms with van der Waals surface area (Å²) in [4.78, 5) is 15.0. The Morgan fingerprint density at radius 2 is 1.81 bits per heavy atom. The Morgan fingerprint density at radius 1 is 1.14 bits per heavy atom. The lowest BCUT2D eigenvalue weighted by Crippen LogP contribution is -2.37. The van der Waals surface area contributed by atoms with Gasteiger partial charge in [0.25, 0.3) is 0 Å². The maximum absolute atomic E-state index is 5.51. The van der Waals surface area contributed by atoms with E-state index >= 15 is 0 Å². The molecule has 2 N–H and O–H groups in total. The summed E-state index contributed by atoms with van der Waals surface area (Å²) in [6.45, 7) is 7.90. The molecule has 0 fully saturated rings. The fraction of sp³-hybridized carbons (Fsp3) is 0.786. The number of hydrogen-bond acceptors (Lipinski definition) is 7. The summed E-state index contributed by atoms with van der Waals surface area (Å²) in [5.41, 5.74) is 0. The van der Waals surface area contributed by atoms with E-state index in [-0.39, 0.29) is 6.04 Å². The number of anilines is 2. The Hall–Kier alpha value is -1.63. The highest BCUT2D eigenvalue weighted by molar-refractivity contribution is 5.36. The molecule has 7 nitrogen and oxygen atoms in total. The van der Waals surface area contributed by atoms with Crippen LogP contribution in [0.2, 0.25) is 0 Å². The van der Waals surface area contributed by atoms with Crippen molar-refractivity contribution in [2.75, 3.05) is 44.9 Å². The summed E-state index contributed by atoms with van der Waals surface area (Å²) in [7, 11) is 5.89. The molecule has 120 valence electrons. The third-order valence-corrected chi connectivity index (χ3v) is 2.95. The zero-order valence-corrected chi connectivity index (χ0v) is 14.0. The SMILES string of the molecule is CCCOc1nc(NC)nc(NC(CN(C)C)C(C)C)n1. The van der Waals surface area contributed by atoms with E-state index in [2.05, 4.69) is 58.4 Å². The van der Waals surface area contributed by atoms with E-state index < -0.39 is 0 Å². The van der Waals surface area contributed by atoms with Crippen molar-refractivity contribution in [1.29, 1.82) is 0 Å². The van der Waals surface area contributed by atoms with Gasteiger partial charge in [0.15, 0.2) is 0 Å². The number of likely N-dealkylation sites (N-methyl/N-ethyl adjacent to an activating group) is 1. The normalized spacial score (nSPS) is 12.6. The first-order valence-electron chi connectivity index (χ1n) is 7.44. The van der Waals surface area contributed by atoms with E-state index in [1.807, 2.05) is 6.92 Å². The van der Waals surface area contributed by atoms with Crippen molar-refractivity contribution in [1.82, 2.24) is 19.9 Å². The zero-order chi connectivity index (χ0) is 15.8. The van der Waals surface area contributed by atoms with Crippen LogP contribution < -0.4 is 15.4 Å². The van der Waals surface area contributed by atoms with E-state index in [0.29, 0.717) is 30.4 Å². The molecular weight excluding hydrogens is 268 g/mol. The fourth-order valence-electron chi connectivity index (χ4n) is 1.77. The topological polar surface area (TPSA) is 75.2 Å². The van der Waals surface area contributed by atoms with Gasteiger partial charge in [-0.2, -0.15) is 15.0 Å². The minimum atomic E-state index is 0.256. The van der Waals surface area contributed by atoms with Crippen LogP contribution in [-0.2, 0) is 0 Å². The molecule has 21 heavy (non-hydrogen) atoms. The van der Waals surface area contributed by atoms with Crippen molar-refractivity contribution in [2.45, 2.75) is 33.2 Å². The van der Waals surface area contributed by atoms with Crippen LogP contribution in [0.3, 0.4) is 0 Å². The van der Waals surface area contributed by atoms with E-state index in [9.17, 15) is 0 Å². The van der Waals surface area contributed by atoms with Gasteiger partial charge in [-0.15, -0.1) is 0 Å². The number of nitrogens with one attached hydrogen (secondary N) is 2. The minimum absolute atomic E-state index is 0.256. The largest absolute Gasteiger partial charge is 0.463 e. The molecule has 0 saturated carbocycles. The molecule has 0 radical (unpaired) electrons. The zero-order valence-electron chi connectivity index (χ0n) is 14.0. The molecule has 0 aliphatic carbocycles. The van der Waals surface area contributed by atoms with Gasteiger partial charge in [-0.3, -0.25) is 0 Å². The van der Waals surface area contributed by atoms with Gasteiger partial charge in [0.05, 0.1) is 6.61 Å². The number of nitrogens with zero attached hydrogens (tertiary/aromatic N) is 4. The molecule has 0 saturated heterocycles. The van der Waals surface area contributed by atoms with Crippen molar-refractivity contribution in [3.63, 3.8) is 0 Å². The van der Waals surface area contributed by atoms with Crippen LogP contribution in [0.5, 0.6) is 6.01 Å². The third-order valence-electron chi connectivity index (χ3n) is 2.95. The average molecular weight is 296 g/mol. The molecule has 0 aliphatic heterocycles. The van der Waals surface area contributed by atoms with Crippen molar-refractivity contribution >= 4 is 11.9 Å².